The maximum Gasteiger partial charge on any atom is 0.265 e. The number of benzene rings is 2. The summed E-state index contributed by atoms with van der Waals surface area (Å²) < 4.78 is 1.66. The van der Waals surface area contributed by atoms with Gasteiger partial charge < -0.3 is 10.6 Å². The van der Waals surface area contributed by atoms with Gasteiger partial charge in [-0.3, -0.25) is 9.59 Å². The average Bonchev–Trinajstić information content (AvgIpc) is 3.47. The number of carbonyl (C=O) groups is 2. The van der Waals surface area contributed by atoms with Gasteiger partial charge in [-0.25, -0.2) is 9.67 Å². The van der Waals surface area contributed by atoms with Crippen molar-refractivity contribution in [3.8, 4) is 5.69 Å². The van der Waals surface area contributed by atoms with Crippen molar-refractivity contribution in [3.05, 3.63) is 94.7 Å². The molecule has 0 aliphatic carbocycles. The van der Waals surface area contributed by atoms with Crippen LogP contribution in [0.3, 0.4) is 0 Å². The average molecular weight is 403 g/mol. The molecule has 4 rings (SSSR count). The molecule has 144 valence electrons. The van der Waals surface area contributed by atoms with Gasteiger partial charge in [-0.2, -0.15) is 5.10 Å². The predicted octanol–water partition coefficient (Wildman–Crippen LogP) is 3.51. The second-order valence-electron chi connectivity index (χ2n) is 6.17. The first kappa shape index (κ1) is 18.6. The number of thiophene rings is 1. The van der Waals surface area contributed by atoms with E-state index in [9.17, 15) is 9.59 Å². The number of carbonyl (C=O) groups excluding carboxylic acids is 2. The van der Waals surface area contributed by atoms with Gasteiger partial charge in [-0.1, -0.05) is 30.3 Å². The maximum absolute atomic E-state index is 12.7. The Hall–Kier alpha value is -3.78. The van der Waals surface area contributed by atoms with Gasteiger partial charge in [0.05, 0.1) is 21.8 Å². The molecule has 4 aromatic rings. The molecule has 0 saturated heterocycles. The lowest BCUT2D eigenvalue weighted by molar-refractivity contribution is 0.0952. The summed E-state index contributed by atoms with van der Waals surface area (Å²) in [5, 5.41) is 11.6. The van der Waals surface area contributed by atoms with Crippen LogP contribution in [0.4, 0.5) is 5.69 Å². The van der Waals surface area contributed by atoms with Crippen LogP contribution >= 0.6 is 11.3 Å². The predicted molar refractivity (Wildman–Crippen MR) is 111 cm³/mol. The van der Waals surface area contributed by atoms with Crippen molar-refractivity contribution < 1.29 is 9.59 Å². The van der Waals surface area contributed by atoms with E-state index in [1.54, 1.807) is 41.3 Å². The van der Waals surface area contributed by atoms with Gasteiger partial charge >= 0.3 is 0 Å². The first-order valence-corrected chi connectivity index (χ1v) is 9.75. The Morgan fingerprint density at radius 2 is 1.79 bits per heavy atom. The monoisotopic (exact) mass is 403 g/mol. The number of nitrogens with one attached hydrogen (secondary N) is 2. The zero-order valence-corrected chi connectivity index (χ0v) is 16.1. The molecule has 0 saturated carbocycles. The zero-order valence-electron chi connectivity index (χ0n) is 15.3. The molecule has 0 fully saturated rings. The Morgan fingerprint density at radius 1 is 0.966 bits per heavy atom. The lowest BCUT2D eigenvalue weighted by Gasteiger charge is -2.11. The quantitative estimate of drug-likeness (QED) is 0.516. The van der Waals surface area contributed by atoms with E-state index in [4.69, 9.17) is 0 Å². The molecule has 0 aliphatic rings. The smallest absolute Gasteiger partial charge is 0.265 e. The third-order valence-corrected chi connectivity index (χ3v) is 5.11. The van der Waals surface area contributed by atoms with Crippen molar-refractivity contribution in [1.29, 1.82) is 0 Å². The van der Waals surface area contributed by atoms with Crippen molar-refractivity contribution >= 4 is 28.8 Å². The highest BCUT2D eigenvalue weighted by atomic mass is 32.1. The summed E-state index contributed by atoms with van der Waals surface area (Å²) >= 11 is 1.35. The molecule has 0 atom stereocenters. The number of anilines is 1. The molecule has 8 heteroatoms. The number of aromatic nitrogens is 3. The summed E-state index contributed by atoms with van der Waals surface area (Å²) in [5.74, 6) is -0.489. The molecule has 7 nitrogen and oxygen atoms in total. The largest absolute Gasteiger partial charge is 0.348 e. The number of amides is 2. The summed E-state index contributed by atoms with van der Waals surface area (Å²) in [6, 6.07) is 18.2. The fourth-order valence-electron chi connectivity index (χ4n) is 2.77. The fraction of sp³-hybridized carbons (Fsp3) is 0.0476. The molecule has 0 bridgehead atoms. The van der Waals surface area contributed by atoms with Crippen LogP contribution < -0.4 is 10.6 Å². The van der Waals surface area contributed by atoms with E-state index in [-0.39, 0.29) is 11.8 Å². The van der Waals surface area contributed by atoms with E-state index in [1.807, 2.05) is 35.7 Å². The van der Waals surface area contributed by atoms with Gasteiger partial charge in [0, 0.05) is 6.54 Å². The van der Waals surface area contributed by atoms with Crippen molar-refractivity contribution in [2.45, 2.75) is 6.54 Å². The van der Waals surface area contributed by atoms with E-state index in [0.717, 1.165) is 11.3 Å². The number of rotatable bonds is 6. The van der Waals surface area contributed by atoms with Crippen molar-refractivity contribution in [2.75, 3.05) is 5.32 Å². The van der Waals surface area contributed by atoms with Crippen LogP contribution in [0, 0.1) is 0 Å². The Balaban J connectivity index is 1.42. The van der Waals surface area contributed by atoms with Gasteiger partial charge in [0.15, 0.2) is 0 Å². The minimum atomic E-state index is -0.257. The first-order valence-electron chi connectivity index (χ1n) is 8.87. The molecule has 0 spiro atoms. The Morgan fingerprint density at radius 3 is 2.52 bits per heavy atom. The summed E-state index contributed by atoms with van der Waals surface area (Å²) in [7, 11) is 0. The van der Waals surface area contributed by atoms with Crippen molar-refractivity contribution in [2.24, 2.45) is 0 Å². The van der Waals surface area contributed by atoms with Crippen LogP contribution in [0.15, 0.2) is 78.7 Å². The van der Waals surface area contributed by atoms with Crippen LogP contribution in [0.25, 0.3) is 5.69 Å². The zero-order chi connectivity index (χ0) is 20.1. The number of nitrogens with zero attached hydrogens (tertiary/aromatic N) is 3. The minimum absolute atomic E-state index is 0.232. The second kappa shape index (κ2) is 8.49. The highest BCUT2D eigenvalue weighted by molar-refractivity contribution is 7.12. The lowest BCUT2D eigenvalue weighted by atomic mass is 10.1. The van der Waals surface area contributed by atoms with Gasteiger partial charge in [0.2, 0.25) is 0 Å². The third-order valence-electron chi connectivity index (χ3n) is 4.24. The molecule has 0 unspecified atom stereocenters. The topological polar surface area (TPSA) is 88.9 Å². The second-order valence-corrected chi connectivity index (χ2v) is 7.11. The summed E-state index contributed by atoms with van der Waals surface area (Å²) in [6.07, 6.45) is 3.10. The normalized spacial score (nSPS) is 10.5. The number of hydrogen-bond acceptors (Lipinski definition) is 5. The summed E-state index contributed by atoms with van der Waals surface area (Å²) in [5.41, 5.74) is 2.73. The molecule has 2 heterocycles. The Kier molecular flexibility index (Phi) is 5.44. The maximum atomic E-state index is 12.7. The molecule has 0 aliphatic heterocycles. The van der Waals surface area contributed by atoms with Crippen molar-refractivity contribution in [3.63, 3.8) is 0 Å². The molecular formula is C21H17N5O2S. The highest BCUT2D eigenvalue weighted by Gasteiger charge is 2.14. The SMILES string of the molecule is O=C(Nc1ccccc1C(=O)NCc1ccc(-n2cncn2)cc1)c1cccs1. The molecular weight excluding hydrogens is 386 g/mol. The van der Waals surface area contributed by atoms with E-state index < -0.39 is 0 Å². The fourth-order valence-corrected chi connectivity index (χ4v) is 3.39. The van der Waals surface area contributed by atoms with Crippen LogP contribution in [-0.4, -0.2) is 26.6 Å². The van der Waals surface area contributed by atoms with Crippen LogP contribution in [0.5, 0.6) is 0 Å². The summed E-state index contributed by atoms with van der Waals surface area (Å²) in [6.45, 7) is 0.365. The Bertz CT molecular complexity index is 1110. The van der Waals surface area contributed by atoms with Crippen LogP contribution in [0.1, 0.15) is 25.6 Å². The Labute approximate surface area is 171 Å². The van der Waals surface area contributed by atoms with Crippen LogP contribution in [0.2, 0.25) is 0 Å². The van der Waals surface area contributed by atoms with E-state index in [1.165, 1.54) is 17.7 Å². The third kappa shape index (κ3) is 4.39. The van der Waals surface area contributed by atoms with Crippen LogP contribution in [-0.2, 0) is 6.54 Å². The lowest BCUT2D eigenvalue weighted by Crippen LogP contribution is -2.24. The standard InChI is InChI=1S/C21H17N5O2S/c27-20(23-12-15-7-9-16(10-8-15)26-14-22-13-24-26)17-4-1-2-5-18(17)25-21(28)19-6-3-11-29-19/h1-11,13-14H,12H2,(H,23,27)(H,25,28). The first-order chi connectivity index (χ1) is 14.2. The van der Waals surface area contributed by atoms with E-state index in [0.29, 0.717) is 22.7 Å². The number of para-hydroxylation sites is 1. The molecule has 29 heavy (non-hydrogen) atoms. The van der Waals surface area contributed by atoms with Crippen molar-refractivity contribution in [1.82, 2.24) is 20.1 Å². The molecule has 2 aromatic carbocycles. The molecule has 2 aromatic heterocycles. The van der Waals surface area contributed by atoms with Gasteiger partial charge in [0.25, 0.3) is 11.8 Å². The number of hydrogen-bond donors (Lipinski definition) is 2. The van der Waals surface area contributed by atoms with E-state index in [2.05, 4.69) is 20.7 Å². The molecule has 2 N–H and O–H groups in total. The van der Waals surface area contributed by atoms with Gasteiger partial charge in [0.1, 0.15) is 12.7 Å². The molecule has 2 amide bonds. The van der Waals surface area contributed by atoms with Gasteiger partial charge in [-0.15, -0.1) is 11.3 Å². The van der Waals surface area contributed by atoms with E-state index >= 15 is 0 Å². The highest BCUT2D eigenvalue weighted by Crippen LogP contribution is 2.18. The molecule has 0 radical (unpaired) electrons. The van der Waals surface area contributed by atoms with Gasteiger partial charge in [-0.05, 0) is 41.3 Å². The minimum Gasteiger partial charge on any atom is -0.348 e. The summed E-state index contributed by atoms with van der Waals surface area (Å²) in [4.78, 5) is 29.5.